The first-order valence-electron chi connectivity index (χ1n) is 6.89. The van der Waals surface area contributed by atoms with Gasteiger partial charge in [0.15, 0.2) is 0 Å². The van der Waals surface area contributed by atoms with E-state index in [-0.39, 0.29) is 35.7 Å². The van der Waals surface area contributed by atoms with Crippen LogP contribution >= 0.6 is 11.6 Å². The Balaban J connectivity index is 2.20. The molecule has 21 heavy (non-hydrogen) atoms. The fraction of sp³-hybridized carbons (Fsp3) is 0.467. The van der Waals surface area contributed by atoms with Crippen LogP contribution in [-0.2, 0) is 9.53 Å². The predicted molar refractivity (Wildman–Crippen MR) is 78.4 cm³/mol. The summed E-state index contributed by atoms with van der Waals surface area (Å²) >= 11 is 5.78. The van der Waals surface area contributed by atoms with Crippen molar-refractivity contribution in [3.8, 4) is 5.75 Å². The molecule has 2 rings (SSSR count). The largest absolute Gasteiger partial charge is 0.507 e. The van der Waals surface area contributed by atoms with Gasteiger partial charge in [0, 0.05) is 17.6 Å². The number of amides is 1. The summed E-state index contributed by atoms with van der Waals surface area (Å²) in [4.78, 5) is 25.7. The van der Waals surface area contributed by atoms with Crippen LogP contribution in [0.3, 0.4) is 0 Å². The second-order valence-corrected chi connectivity index (χ2v) is 5.53. The van der Waals surface area contributed by atoms with Crippen LogP contribution in [0.15, 0.2) is 18.2 Å². The van der Waals surface area contributed by atoms with Crippen LogP contribution in [0.4, 0.5) is 0 Å². The molecule has 114 valence electrons. The van der Waals surface area contributed by atoms with Crippen molar-refractivity contribution < 1.29 is 19.4 Å². The van der Waals surface area contributed by atoms with E-state index in [4.69, 9.17) is 11.6 Å². The van der Waals surface area contributed by atoms with Gasteiger partial charge < -0.3 is 14.7 Å². The first kappa shape index (κ1) is 15.6. The lowest BCUT2D eigenvalue weighted by Crippen LogP contribution is -2.44. The zero-order valence-corrected chi connectivity index (χ0v) is 12.6. The number of benzene rings is 1. The topological polar surface area (TPSA) is 66.8 Å². The lowest BCUT2D eigenvalue weighted by atomic mass is 9.98. The van der Waals surface area contributed by atoms with E-state index in [1.807, 2.05) is 0 Å². The lowest BCUT2D eigenvalue weighted by molar-refractivity contribution is -0.142. The number of methoxy groups -OCH3 is 1. The number of hydrogen-bond donors (Lipinski definition) is 1. The van der Waals surface area contributed by atoms with E-state index in [2.05, 4.69) is 4.74 Å². The number of carbonyl (C=O) groups is 2. The van der Waals surface area contributed by atoms with Crippen molar-refractivity contribution in [1.29, 1.82) is 0 Å². The van der Waals surface area contributed by atoms with Crippen LogP contribution in [-0.4, -0.2) is 41.6 Å². The van der Waals surface area contributed by atoms with Crippen molar-refractivity contribution in [3.05, 3.63) is 28.8 Å². The minimum atomic E-state index is -0.333. The normalized spacial score (nSPS) is 18.4. The molecule has 1 aromatic carbocycles. The molecule has 1 heterocycles. The zero-order valence-electron chi connectivity index (χ0n) is 11.8. The zero-order chi connectivity index (χ0) is 15.4. The summed E-state index contributed by atoms with van der Waals surface area (Å²) in [6, 6.07) is 4.22. The van der Waals surface area contributed by atoms with Gasteiger partial charge in [0.25, 0.3) is 5.91 Å². The molecule has 0 aromatic heterocycles. The number of halogens is 1. The maximum absolute atomic E-state index is 12.6. The van der Waals surface area contributed by atoms with E-state index in [9.17, 15) is 14.7 Å². The number of rotatable bonds is 3. The van der Waals surface area contributed by atoms with Crippen molar-refractivity contribution in [2.75, 3.05) is 13.7 Å². The van der Waals surface area contributed by atoms with Crippen molar-refractivity contribution in [2.24, 2.45) is 0 Å². The van der Waals surface area contributed by atoms with Gasteiger partial charge in [-0.05, 0) is 37.5 Å². The third kappa shape index (κ3) is 3.67. The summed E-state index contributed by atoms with van der Waals surface area (Å²) in [5.74, 6) is -0.757. The molecule has 1 aromatic rings. The van der Waals surface area contributed by atoms with Crippen LogP contribution in [0.25, 0.3) is 0 Å². The number of nitrogens with zero attached hydrogens (tertiary/aromatic N) is 1. The summed E-state index contributed by atoms with van der Waals surface area (Å²) in [5.41, 5.74) is 0.205. The number of esters is 1. The van der Waals surface area contributed by atoms with Gasteiger partial charge in [-0.2, -0.15) is 0 Å². The molecule has 1 aliphatic heterocycles. The van der Waals surface area contributed by atoms with E-state index >= 15 is 0 Å². The Morgan fingerprint density at radius 2 is 2.19 bits per heavy atom. The smallest absolute Gasteiger partial charge is 0.307 e. The Morgan fingerprint density at radius 1 is 1.43 bits per heavy atom. The van der Waals surface area contributed by atoms with Crippen LogP contribution < -0.4 is 0 Å². The summed E-state index contributed by atoms with van der Waals surface area (Å²) in [6.07, 6.45) is 2.79. The monoisotopic (exact) mass is 311 g/mol. The van der Waals surface area contributed by atoms with Crippen molar-refractivity contribution >= 4 is 23.5 Å². The number of piperidine rings is 1. The highest BCUT2D eigenvalue weighted by Gasteiger charge is 2.30. The summed E-state index contributed by atoms with van der Waals surface area (Å²) in [5, 5.41) is 10.3. The highest BCUT2D eigenvalue weighted by atomic mass is 35.5. The Hall–Kier alpha value is -1.75. The van der Waals surface area contributed by atoms with Gasteiger partial charge in [-0.15, -0.1) is 0 Å². The van der Waals surface area contributed by atoms with E-state index < -0.39 is 0 Å². The van der Waals surface area contributed by atoms with Gasteiger partial charge in [-0.3, -0.25) is 9.59 Å². The number of carbonyl (C=O) groups excluding carboxylic acids is 2. The molecule has 6 heteroatoms. The fourth-order valence-electron chi connectivity index (χ4n) is 2.60. The van der Waals surface area contributed by atoms with E-state index in [1.54, 1.807) is 11.0 Å². The maximum Gasteiger partial charge on any atom is 0.307 e. The quantitative estimate of drug-likeness (QED) is 0.871. The predicted octanol–water partition coefficient (Wildman–Crippen LogP) is 2.60. The molecule has 1 atom stereocenters. The van der Waals surface area contributed by atoms with E-state index in [1.165, 1.54) is 19.2 Å². The molecule has 1 unspecified atom stereocenters. The molecular weight excluding hydrogens is 294 g/mol. The number of aromatic hydroxyl groups is 1. The van der Waals surface area contributed by atoms with Crippen molar-refractivity contribution in [3.63, 3.8) is 0 Å². The van der Waals surface area contributed by atoms with E-state index in [0.29, 0.717) is 11.6 Å². The van der Waals surface area contributed by atoms with E-state index in [0.717, 1.165) is 19.3 Å². The average molecular weight is 312 g/mol. The van der Waals surface area contributed by atoms with Crippen molar-refractivity contribution in [1.82, 2.24) is 4.90 Å². The summed E-state index contributed by atoms with van der Waals surface area (Å²) in [6.45, 7) is 0.572. The van der Waals surface area contributed by atoms with Crippen LogP contribution in [0.1, 0.15) is 36.0 Å². The molecule has 0 aliphatic carbocycles. The van der Waals surface area contributed by atoms with Gasteiger partial charge in [0.2, 0.25) is 0 Å². The lowest BCUT2D eigenvalue weighted by Gasteiger charge is -2.35. The number of ether oxygens (including phenoxy) is 1. The number of phenolic OH excluding ortho intramolecular Hbond substituents is 1. The van der Waals surface area contributed by atoms with Gasteiger partial charge in [-0.1, -0.05) is 11.6 Å². The molecule has 5 nitrogen and oxygen atoms in total. The average Bonchev–Trinajstić information content (AvgIpc) is 2.47. The first-order chi connectivity index (χ1) is 10.0. The Bertz CT molecular complexity index is 546. The summed E-state index contributed by atoms with van der Waals surface area (Å²) < 4.78 is 4.68. The molecule has 0 saturated carbocycles. The molecule has 0 spiro atoms. The van der Waals surface area contributed by atoms with Gasteiger partial charge in [0.1, 0.15) is 5.75 Å². The SMILES string of the molecule is COC(=O)CC1CCCCN1C(=O)c1ccc(Cl)cc1O. The Morgan fingerprint density at radius 3 is 2.86 bits per heavy atom. The number of hydrogen-bond acceptors (Lipinski definition) is 4. The minimum Gasteiger partial charge on any atom is -0.507 e. The highest BCUT2D eigenvalue weighted by Crippen LogP contribution is 2.27. The Labute approximate surface area is 128 Å². The molecule has 1 saturated heterocycles. The third-order valence-electron chi connectivity index (χ3n) is 3.71. The number of phenols is 1. The molecular formula is C15H18ClNO4. The molecule has 0 bridgehead atoms. The van der Waals surface area contributed by atoms with Crippen LogP contribution in [0.5, 0.6) is 5.75 Å². The van der Waals surface area contributed by atoms with Crippen molar-refractivity contribution in [2.45, 2.75) is 31.7 Å². The molecule has 1 N–H and O–H groups in total. The van der Waals surface area contributed by atoms with Gasteiger partial charge in [0.05, 0.1) is 19.1 Å². The first-order valence-corrected chi connectivity index (χ1v) is 7.27. The molecule has 1 aliphatic rings. The standard InChI is InChI=1S/C15H18ClNO4/c1-21-14(19)9-11-4-2-3-7-17(11)15(20)12-6-5-10(16)8-13(12)18/h5-6,8,11,18H,2-4,7,9H2,1H3. The van der Waals surface area contributed by atoms with Gasteiger partial charge in [-0.25, -0.2) is 0 Å². The second kappa shape index (κ2) is 6.80. The molecule has 0 radical (unpaired) electrons. The molecule has 1 fully saturated rings. The minimum absolute atomic E-state index is 0.144. The second-order valence-electron chi connectivity index (χ2n) is 5.09. The molecule has 1 amide bonds. The fourth-order valence-corrected chi connectivity index (χ4v) is 2.76. The van der Waals surface area contributed by atoms with Crippen LogP contribution in [0, 0.1) is 0 Å². The third-order valence-corrected chi connectivity index (χ3v) is 3.94. The highest BCUT2D eigenvalue weighted by molar-refractivity contribution is 6.30. The Kier molecular flexibility index (Phi) is 5.07. The number of likely N-dealkylation sites (tertiary alicyclic amines) is 1. The maximum atomic E-state index is 12.6. The van der Waals surface area contributed by atoms with Crippen LogP contribution in [0.2, 0.25) is 5.02 Å². The summed E-state index contributed by atoms with van der Waals surface area (Å²) in [7, 11) is 1.34. The van der Waals surface area contributed by atoms with Gasteiger partial charge >= 0.3 is 5.97 Å².